The zero-order chi connectivity index (χ0) is 12.4. The highest BCUT2D eigenvalue weighted by molar-refractivity contribution is 5.80. The summed E-state index contributed by atoms with van der Waals surface area (Å²) >= 11 is 0. The van der Waals surface area contributed by atoms with Crippen LogP contribution < -0.4 is 0 Å². The molecule has 0 radical (unpaired) electrons. The number of hydrogen-bond acceptors (Lipinski definition) is 4. The minimum atomic E-state index is -0.316. The first-order valence-corrected chi connectivity index (χ1v) is 6.39. The number of esters is 2. The van der Waals surface area contributed by atoms with Crippen LogP contribution in [0, 0.1) is 23.7 Å². The zero-order valence-electron chi connectivity index (χ0n) is 10.5. The van der Waals surface area contributed by atoms with Gasteiger partial charge in [-0.3, -0.25) is 9.59 Å². The third-order valence-electron chi connectivity index (χ3n) is 4.05. The standard InChI is InChI=1S/C13H20O4/c1-3-17-13(15)11(7-12(14)16-2)10-5-8-4-9(8)6-10/h8-11H,3-7H2,1-2H3/t8-,9+,10?,11?. The molecule has 2 unspecified atom stereocenters. The van der Waals surface area contributed by atoms with Crippen LogP contribution in [0.3, 0.4) is 0 Å². The maximum absolute atomic E-state index is 11.9. The molecule has 0 N–H and O–H groups in total. The monoisotopic (exact) mass is 240 g/mol. The number of carbonyl (C=O) groups is 2. The second-order valence-corrected chi connectivity index (χ2v) is 5.13. The molecular formula is C13H20O4. The van der Waals surface area contributed by atoms with E-state index >= 15 is 0 Å². The van der Waals surface area contributed by atoms with E-state index in [1.54, 1.807) is 6.92 Å². The molecule has 0 aromatic heterocycles. The normalized spacial score (nSPS) is 31.5. The van der Waals surface area contributed by atoms with Crippen LogP contribution in [0.4, 0.5) is 0 Å². The Morgan fingerprint density at radius 1 is 1.24 bits per heavy atom. The fourth-order valence-electron chi connectivity index (χ4n) is 3.04. The van der Waals surface area contributed by atoms with Gasteiger partial charge in [-0.2, -0.15) is 0 Å². The SMILES string of the molecule is CCOC(=O)C(CC(=O)OC)C1C[C@@H]2C[C@@H]2C1. The largest absolute Gasteiger partial charge is 0.469 e. The van der Waals surface area contributed by atoms with E-state index in [0.717, 1.165) is 24.7 Å². The molecule has 4 heteroatoms. The van der Waals surface area contributed by atoms with Gasteiger partial charge in [-0.15, -0.1) is 0 Å². The van der Waals surface area contributed by atoms with Gasteiger partial charge in [0.2, 0.25) is 0 Å². The second kappa shape index (κ2) is 5.07. The molecule has 17 heavy (non-hydrogen) atoms. The number of methoxy groups -OCH3 is 1. The molecule has 4 nitrogen and oxygen atoms in total. The third kappa shape index (κ3) is 2.79. The lowest BCUT2D eigenvalue weighted by molar-refractivity contribution is -0.156. The number of fused-ring (bicyclic) bond motifs is 1. The maximum Gasteiger partial charge on any atom is 0.309 e. The fraction of sp³-hybridized carbons (Fsp3) is 0.846. The molecule has 2 rings (SSSR count). The zero-order valence-corrected chi connectivity index (χ0v) is 10.5. The molecule has 2 saturated carbocycles. The minimum Gasteiger partial charge on any atom is -0.469 e. The molecule has 0 aromatic carbocycles. The van der Waals surface area contributed by atoms with Gasteiger partial charge in [-0.1, -0.05) is 0 Å². The van der Waals surface area contributed by atoms with E-state index in [4.69, 9.17) is 4.74 Å². The molecule has 0 spiro atoms. The molecule has 0 saturated heterocycles. The van der Waals surface area contributed by atoms with E-state index in [-0.39, 0.29) is 24.3 Å². The molecule has 0 bridgehead atoms. The summed E-state index contributed by atoms with van der Waals surface area (Å²) in [6.07, 6.45) is 3.62. The molecule has 0 aromatic rings. The first-order valence-electron chi connectivity index (χ1n) is 6.39. The van der Waals surface area contributed by atoms with Crippen LogP contribution in [-0.4, -0.2) is 25.7 Å². The summed E-state index contributed by atoms with van der Waals surface area (Å²) in [7, 11) is 1.36. The van der Waals surface area contributed by atoms with E-state index < -0.39 is 0 Å². The molecule has 2 fully saturated rings. The van der Waals surface area contributed by atoms with Crippen molar-refractivity contribution in [2.24, 2.45) is 23.7 Å². The molecule has 0 aliphatic heterocycles. The van der Waals surface area contributed by atoms with Crippen molar-refractivity contribution in [3.05, 3.63) is 0 Å². The van der Waals surface area contributed by atoms with Crippen LogP contribution >= 0.6 is 0 Å². The van der Waals surface area contributed by atoms with Crippen LogP contribution in [0.1, 0.15) is 32.6 Å². The first kappa shape index (κ1) is 12.4. The Balaban J connectivity index is 1.95. The summed E-state index contributed by atoms with van der Waals surface area (Å²) in [5.41, 5.74) is 0. The van der Waals surface area contributed by atoms with Crippen LogP contribution in [-0.2, 0) is 19.1 Å². The van der Waals surface area contributed by atoms with Crippen molar-refractivity contribution in [1.29, 1.82) is 0 Å². The van der Waals surface area contributed by atoms with E-state index in [0.29, 0.717) is 12.5 Å². The van der Waals surface area contributed by atoms with Crippen molar-refractivity contribution in [3.8, 4) is 0 Å². The number of rotatable bonds is 5. The van der Waals surface area contributed by atoms with Crippen molar-refractivity contribution in [3.63, 3.8) is 0 Å². The van der Waals surface area contributed by atoms with Crippen molar-refractivity contribution in [2.75, 3.05) is 13.7 Å². The quantitative estimate of drug-likeness (QED) is 0.687. The predicted octanol–water partition coefficient (Wildman–Crippen LogP) is 1.77. The summed E-state index contributed by atoms with van der Waals surface area (Å²) in [6, 6.07) is 0. The summed E-state index contributed by atoms with van der Waals surface area (Å²) < 4.78 is 9.73. The van der Waals surface area contributed by atoms with Crippen molar-refractivity contribution in [2.45, 2.75) is 32.6 Å². The average molecular weight is 240 g/mol. The van der Waals surface area contributed by atoms with Gasteiger partial charge in [-0.05, 0) is 43.9 Å². The molecular weight excluding hydrogens is 220 g/mol. The van der Waals surface area contributed by atoms with Gasteiger partial charge in [0, 0.05) is 0 Å². The highest BCUT2D eigenvalue weighted by Gasteiger charge is 2.49. The number of ether oxygens (including phenoxy) is 2. The van der Waals surface area contributed by atoms with Crippen LogP contribution in [0.25, 0.3) is 0 Å². The Kier molecular flexibility index (Phi) is 3.69. The lowest BCUT2D eigenvalue weighted by Gasteiger charge is -2.21. The molecule has 0 amide bonds. The maximum atomic E-state index is 11.9. The second-order valence-electron chi connectivity index (χ2n) is 5.13. The highest BCUT2D eigenvalue weighted by atomic mass is 16.5. The predicted molar refractivity (Wildman–Crippen MR) is 61.1 cm³/mol. The van der Waals surface area contributed by atoms with Crippen molar-refractivity contribution >= 4 is 11.9 Å². The number of hydrogen-bond donors (Lipinski definition) is 0. The van der Waals surface area contributed by atoms with Crippen molar-refractivity contribution in [1.82, 2.24) is 0 Å². The topological polar surface area (TPSA) is 52.6 Å². The van der Waals surface area contributed by atoms with E-state index in [1.807, 2.05) is 0 Å². The van der Waals surface area contributed by atoms with Gasteiger partial charge in [-0.25, -0.2) is 0 Å². The van der Waals surface area contributed by atoms with E-state index in [2.05, 4.69) is 4.74 Å². The minimum absolute atomic E-state index is 0.166. The Morgan fingerprint density at radius 3 is 2.41 bits per heavy atom. The Bertz CT molecular complexity index is 303. The summed E-state index contributed by atoms with van der Waals surface area (Å²) in [4.78, 5) is 23.2. The fourth-order valence-corrected chi connectivity index (χ4v) is 3.04. The lowest BCUT2D eigenvalue weighted by atomic mass is 9.86. The average Bonchev–Trinajstić information content (AvgIpc) is 2.93. The summed E-state index contributed by atoms with van der Waals surface area (Å²) in [6.45, 7) is 2.16. The summed E-state index contributed by atoms with van der Waals surface area (Å²) in [5, 5.41) is 0. The lowest BCUT2D eigenvalue weighted by Crippen LogP contribution is -2.28. The van der Waals surface area contributed by atoms with Gasteiger partial charge in [0.25, 0.3) is 0 Å². The van der Waals surface area contributed by atoms with Gasteiger partial charge >= 0.3 is 11.9 Å². The van der Waals surface area contributed by atoms with E-state index in [9.17, 15) is 9.59 Å². The molecule has 4 atom stereocenters. The summed E-state index contributed by atoms with van der Waals surface area (Å²) in [5.74, 6) is 1.07. The van der Waals surface area contributed by atoms with Gasteiger partial charge in [0.05, 0.1) is 26.1 Å². The van der Waals surface area contributed by atoms with Gasteiger partial charge in [0.1, 0.15) is 0 Å². The molecule has 2 aliphatic carbocycles. The van der Waals surface area contributed by atoms with Crippen LogP contribution in [0.15, 0.2) is 0 Å². The Hall–Kier alpha value is -1.06. The number of carbonyl (C=O) groups excluding carboxylic acids is 2. The van der Waals surface area contributed by atoms with Crippen LogP contribution in [0.2, 0.25) is 0 Å². The van der Waals surface area contributed by atoms with Crippen LogP contribution in [0.5, 0.6) is 0 Å². The molecule has 0 heterocycles. The Labute approximate surface area is 102 Å². The van der Waals surface area contributed by atoms with Gasteiger partial charge < -0.3 is 9.47 Å². The van der Waals surface area contributed by atoms with E-state index in [1.165, 1.54) is 13.5 Å². The van der Waals surface area contributed by atoms with Crippen molar-refractivity contribution < 1.29 is 19.1 Å². The van der Waals surface area contributed by atoms with Gasteiger partial charge in [0.15, 0.2) is 0 Å². The molecule has 2 aliphatic rings. The third-order valence-corrected chi connectivity index (χ3v) is 4.05. The smallest absolute Gasteiger partial charge is 0.309 e. The first-order chi connectivity index (χ1) is 8.15. The highest BCUT2D eigenvalue weighted by Crippen LogP contribution is 2.56. The Morgan fingerprint density at radius 2 is 1.88 bits per heavy atom. The molecule has 96 valence electrons.